The first-order valence-corrected chi connectivity index (χ1v) is 10.0. The van der Waals surface area contributed by atoms with E-state index in [1.807, 2.05) is 24.3 Å². The molecule has 0 unspecified atom stereocenters. The summed E-state index contributed by atoms with van der Waals surface area (Å²) in [6.45, 7) is 5.92. The average molecular weight is 625 g/mol. The number of hydrogen-bond donors (Lipinski definition) is 0. The van der Waals surface area contributed by atoms with Crippen molar-refractivity contribution < 1.29 is 30.5 Å². The van der Waals surface area contributed by atoms with Gasteiger partial charge in [0.1, 0.15) is 11.5 Å². The molecule has 0 atom stereocenters. The SMILES string of the molecule is CCCCCCOc1ccnc(-c2cc(OCCCCCC)ccn2)c1.Cl.Cl.[Pt+4]. The van der Waals surface area contributed by atoms with Crippen molar-refractivity contribution in [2.75, 3.05) is 13.2 Å². The Morgan fingerprint density at radius 2 is 1.07 bits per heavy atom. The van der Waals surface area contributed by atoms with E-state index in [9.17, 15) is 0 Å². The maximum absolute atomic E-state index is 5.85. The van der Waals surface area contributed by atoms with Gasteiger partial charge >= 0.3 is 21.1 Å². The fourth-order valence-electron chi connectivity index (χ4n) is 2.72. The van der Waals surface area contributed by atoms with Crippen molar-refractivity contribution in [3.8, 4) is 22.9 Å². The van der Waals surface area contributed by atoms with Gasteiger partial charge < -0.3 is 9.47 Å². The molecule has 0 saturated heterocycles. The van der Waals surface area contributed by atoms with Crippen molar-refractivity contribution in [2.45, 2.75) is 65.2 Å². The van der Waals surface area contributed by atoms with E-state index in [0.717, 1.165) is 48.9 Å². The maximum Gasteiger partial charge on any atom is 4.00 e. The van der Waals surface area contributed by atoms with E-state index in [2.05, 4.69) is 23.8 Å². The average Bonchev–Trinajstić information content (AvgIpc) is 2.68. The number of nitrogens with zero attached hydrogens (tertiary/aromatic N) is 2. The summed E-state index contributed by atoms with van der Waals surface area (Å²) < 4.78 is 11.7. The number of unbranched alkanes of at least 4 members (excludes halogenated alkanes) is 6. The predicted molar refractivity (Wildman–Crippen MR) is 121 cm³/mol. The van der Waals surface area contributed by atoms with Crippen LogP contribution in [0.4, 0.5) is 0 Å². The largest absolute Gasteiger partial charge is 4.00 e. The van der Waals surface area contributed by atoms with Crippen LogP contribution in [0.1, 0.15) is 65.2 Å². The maximum atomic E-state index is 5.85. The molecule has 7 heteroatoms. The van der Waals surface area contributed by atoms with Crippen molar-refractivity contribution in [1.29, 1.82) is 0 Å². The third-order valence-corrected chi connectivity index (χ3v) is 4.26. The number of hydrogen-bond acceptors (Lipinski definition) is 4. The molecule has 2 rings (SSSR count). The van der Waals surface area contributed by atoms with Gasteiger partial charge in [-0.2, -0.15) is 0 Å². The van der Waals surface area contributed by atoms with E-state index in [0.29, 0.717) is 0 Å². The van der Waals surface area contributed by atoms with Crippen molar-refractivity contribution in [3.63, 3.8) is 0 Å². The molecule has 0 spiro atoms. The Kier molecular flexibility index (Phi) is 20.1. The van der Waals surface area contributed by atoms with E-state index >= 15 is 0 Å². The quantitative estimate of drug-likeness (QED) is 0.228. The van der Waals surface area contributed by atoms with Gasteiger partial charge in [0.15, 0.2) is 0 Å². The molecule has 164 valence electrons. The summed E-state index contributed by atoms with van der Waals surface area (Å²) in [5.74, 6) is 1.69. The normalized spacial score (nSPS) is 9.59. The fraction of sp³-hybridized carbons (Fsp3) is 0.545. The van der Waals surface area contributed by atoms with E-state index < -0.39 is 0 Å². The Bertz CT molecular complexity index is 592. The number of aromatic nitrogens is 2. The van der Waals surface area contributed by atoms with Crippen LogP contribution in [0.2, 0.25) is 0 Å². The number of pyridine rings is 2. The molecule has 0 aliphatic rings. The van der Waals surface area contributed by atoms with E-state index in [1.54, 1.807) is 12.4 Å². The zero-order chi connectivity index (χ0) is 18.5. The van der Waals surface area contributed by atoms with Crippen molar-refractivity contribution in [1.82, 2.24) is 9.97 Å². The Labute approximate surface area is 202 Å². The third-order valence-electron chi connectivity index (χ3n) is 4.26. The van der Waals surface area contributed by atoms with E-state index in [-0.39, 0.29) is 45.9 Å². The number of ether oxygens (including phenoxy) is 2. The van der Waals surface area contributed by atoms with Crippen LogP contribution in [0.3, 0.4) is 0 Å². The smallest absolute Gasteiger partial charge is 0.493 e. The van der Waals surface area contributed by atoms with Crippen molar-refractivity contribution in [3.05, 3.63) is 36.7 Å². The Morgan fingerprint density at radius 1 is 0.655 bits per heavy atom. The molecule has 4 nitrogen and oxygen atoms in total. The van der Waals surface area contributed by atoms with Crippen LogP contribution in [0.5, 0.6) is 11.5 Å². The van der Waals surface area contributed by atoms with Gasteiger partial charge in [-0.15, -0.1) is 24.8 Å². The van der Waals surface area contributed by atoms with Crippen LogP contribution in [-0.4, -0.2) is 23.2 Å². The van der Waals surface area contributed by atoms with Gasteiger partial charge in [0, 0.05) is 24.5 Å². The van der Waals surface area contributed by atoms with Gasteiger partial charge in [0.2, 0.25) is 0 Å². The van der Waals surface area contributed by atoms with Gasteiger partial charge in [0.25, 0.3) is 0 Å². The minimum absolute atomic E-state index is 0. The summed E-state index contributed by atoms with van der Waals surface area (Å²) in [6, 6.07) is 7.70. The summed E-state index contributed by atoms with van der Waals surface area (Å²) in [4.78, 5) is 8.86. The van der Waals surface area contributed by atoms with Gasteiger partial charge in [0.05, 0.1) is 24.6 Å². The minimum atomic E-state index is 0. The summed E-state index contributed by atoms with van der Waals surface area (Å²) in [6.07, 6.45) is 13.2. The molecule has 2 aromatic rings. The van der Waals surface area contributed by atoms with Crippen LogP contribution in [0, 0.1) is 0 Å². The fourth-order valence-corrected chi connectivity index (χ4v) is 2.72. The molecule has 0 aliphatic heterocycles. The van der Waals surface area contributed by atoms with Gasteiger partial charge in [-0.1, -0.05) is 52.4 Å². The van der Waals surface area contributed by atoms with E-state index in [1.165, 1.54) is 38.5 Å². The molecule has 0 radical (unpaired) electrons. The monoisotopic (exact) mass is 623 g/mol. The van der Waals surface area contributed by atoms with Crippen LogP contribution in [-0.2, 0) is 21.1 Å². The molecular weight excluding hydrogens is 590 g/mol. The van der Waals surface area contributed by atoms with Crippen LogP contribution >= 0.6 is 24.8 Å². The van der Waals surface area contributed by atoms with Gasteiger partial charge in [-0.05, 0) is 25.0 Å². The minimum Gasteiger partial charge on any atom is -0.493 e. The second-order valence-electron chi connectivity index (χ2n) is 6.57. The second-order valence-corrected chi connectivity index (χ2v) is 6.57. The first-order valence-electron chi connectivity index (χ1n) is 10.0. The summed E-state index contributed by atoms with van der Waals surface area (Å²) in [5, 5.41) is 0. The number of rotatable bonds is 13. The van der Waals surface area contributed by atoms with Crippen LogP contribution in [0.15, 0.2) is 36.7 Å². The molecule has 2 heterocycles. The molecule has 29 heavy (non-hydrogen) atoms. The zero-order valence-corrected chi connectivity index (χ0v) is 21.3. The molecule has 2 aromatic heterocycles. The molecule has 0 N–H and O–H groups in total. The van der Waals surface area contributed by atoms with Gasteiger partial charge in [-0.25, -0.2) is 0 Å². The number of halogens is 2. The first-order chi connectivity index (χ1) is 12.8. The Morgan fingerprint density at radius 3 is 1.45 bits per heavy atom. The standard InChI is InChI=1S/C22H32N2O2.2ClH.Pt/c1-3-5-7-9-15-25-19-11-13-23-21(17-19)22-18-20(12-14-24-22)26-16-10-8-6-4-2;;;/h11-14,17-18H,3-10,15-16H2,1-2H3;2*1H;/q;;;+4. The first kappa shape index (κ1) is 30.4. The third kappa shape index (κ3) is 12.5. The topological polar surface area (TPSA) is 44.2 Å². The van der Waals surface area contributed by atoms with Crippen LogP contribution in [0.25, 0.3) is 11.4 Å². The molecule has 0 saturated carbocycles. The van der Waals surface area contributed by atoms with Gasteiger partial charge in [-0.3, -0.25) is 9.97 Å². The zero-order valence-electron chi connectivity index (χ0n) is 17.4. The second kappa shape index (κ2) is 19.2. The molecule has 0 fully saturated rings. The van der Waals surface area contributed by atoms with Crippen molar-refractivity contribution >= 4 is 24.8 Å². The molecular formula is C22H34Cl2N2O2Pt+4. The summed E-state index contributed by atoms with van der Waals surface area (Å²) >= 11 is 0. The Hall–Kier alpha value is -0.832. The molecule has 0 aromatic carbocycles. The van der Waals surface area contributed by atoms with Crippen molar-refractivity contribution in [2.24, 2.45) is 0 Å². The van der Waals surface area contributed by atoms with E-state index in [4.69, 9.17) is 9.47 Å². The Balaban J connectivity index is 0. The summed E-state index contributed by atoms with van der Waals surface area (Å²) in [7, 11) is 0. The van der Waals surface area contributed by atoms with Crippen LogP contribution < -0.4 is 9.47 Å². The molecule has 0 aliphatic carbocycles. The predicted octanol–water partition coefficient (Wildman–Crippen LogP) is 6.90. The molecule has 0 bridgehead atoms. The molecule has 0 amide bonds. The summed E-state index contributed by atoms with van der Waals surface area (Å²) in [5.41, 5.74) is 1.62.